The zero-order chi connectivity index (χ0) is 13.5. The van der Waals surface area contributed by atoms with Gasteiger partial charge >= 0.3 is 0 Å². The normalized spacial score (nSPS) is 12.2. The van der Waals surface area contributed by atoms with E-state index in [4.69, 9.17) is 0 Å². The van der Waals surface area contributed by atoms with E-state index in [0.717, 1.165) is 5.56 Å². The molecule has 18 heavy (non-hydrogen) atoms. The average molecular weight is 252 g/mol. The van der Waals surface area contributed by atoms with Crippen LogP contribution in [-0.2, 0) is 11.3 Å². The molecule has 0 spiro atoms. The summed E-state index contributed by atoms with van der Waals surface area (Å²) in [5.41, 5.74) is 0.821. The summed E-state index contributed by atoms with van der Waals surface area (Å²) in [6.07, 6.45) is 0. The molecule has 0 aliphatic heterocycles. The number of amides is 1. The fraction of sp³-hybridized carbons (Fsp3) is 0.500. The second-order valence-corrected chi connectivity index (χ2v) is 4.44. The van der Waals surface area contributed by atoms with Gasteiger partial charge in [0.25, 0.3) is 0 Å². The molecular formula is C14H21FN2O. The molecule has 0 radical (unpaired) electrons. The first kappa shape index (κ1) is 14.6. The summed E-state index contributed by atoms with van der Waals surface area (Å²) >= 11 is 0. The first-order valence-electron chi connectivity index (χ1n) is 6.26. The zero-order valence-electron chi connectivity index (χ0n) is 11.2. The van der Waals surface area contributed by atoms with Gasteiger partial charge in [-0.25, -0.2) is 4.39 Å². The predicted octanol–water partition coefficient (Wildman–Crippen LogP) is 2.03. The van der Waals surface area contributed by atoms with Crippen molar-refractivity contribution in [1.29, 1.82) is 0 Å². The van der Waals surface area contributed by atoms with Gasteiger partial charge in [-0.15, -0.1) is 0 Å². The Morgan fingerprint density at radius 1 is 1.50 bits per heavy atom. The van der Waals surface area contributed by atoms with Crippen LogP contribution < -0.4 is 5.32 Å². The van der Waals surface area contributed by atoms with Gasteiger partial charge in [-0.1, -0.05) is 19.1 Å². The number of benzene rings is 1. The summed E-state index contributed by atoms with van der Waals surface area (Å²) in [6, 6.07) is 6.38. The molecule has 1 aromatic rings. The number of nitrogens with zero attached hydrogens (tertiary/aromatic N) is 1. The van der Waals surface area contributed by atoms with Crippen LogP contribution in [0.5, 0.6) is 0 Å². The van der Waals surface area contributed by atoms with Crippen LogP contribution in [-0.4, -0.2) is 30.9 Å². The Kier molecular flexibility index (Phi) is 5.78. The van der Waals surface area contributed by atoms with Gasteiger partial charge in [0.1, 0.15) is 5.82 Å². The zero-order valence-corrected chi connectivity index (χ0v) is 11.2. The minimum Gasteiger partial charge on any atom is -0.338 e. The molecule has 0 fully saturated rings. The number of nitrogens with one attached hydrogen (secondary N) is 1. The lowest BCUT2D eigenvalue weighted by atomic mass is 10.1. The standard InChI is InChI=1S/C14H21FN2O/c1-4-17(14(18)11(2)9-16-3)10-12-6-5-7-13(15)8-12/h5-8,11,16H,4,9-10H2,1-3H3. The second-order valence-electron chi connectivity index (χ2n) is 4.44. The van der Waals surface area contributed by atoms with Crippen molar-refractivity contribution in [1.82, 2.24) is 10.2 Å². The van der Waals surface area contributed by atoms with Gasteiger partial charge in [0.2, 0.25) is 5.91 Å². The van der Waals surface area contributed by atoms with Crippen molar-refractivity contribution in [2.75, 3.05) is 20.1 Å². The largest absolute Gasteiger partial charge is 0.338 e. The summed E-state index contributed by atoms with van der Waals surface area (Å²) in [7, 11) is 1.83. The summed E-state index contributed by atoms with van der Waals surface area (Å²) < 4.78 is 13.1. The van der Waals surface area contributed by atoms with Crippen molar-refractivity contribution >= 4 is 5.91 Å². The fourth-order valence-corrected chi connectivity index (χ4v) is 1.91. The van der Waals surface area contributed by atoms with Gasteiger partial charge in [-0.3, -0.25) is 4.79 Å². The van der Waals surface area contributed by atoms with Crippen LogP contribution in [0.2, 0.25) is 0 Å². The molecule has 0 saturated carbocycles. The molecular weight excluding hydrogens is 231 g/mol. The first-order chi connectivity index (χ1) is 8.58. The van der Waals surface area contributed by atoms with Crippen molar-refractivity contribution in [3.05, 3.63) is 35.6 Å². The van der Waals surface area contributed by atoms with E-state index >= 15 is 0 Å². The lowest BCUT2D eigenvalue weighted by molar-refractivity contribution is -0.135. The van der Waals surface area contributed by atoms with Crippen molar-refractivity contribution < 1.29 is 9.18 Å². The van der Waals surface area contributed by atoms with E-state index in [1.165, 1.54) is 12.1 Å². The third-order valence-electron chi connectivity index (χ3n) is 2.89. The van der Waals surface area contributed by atoms with Crippen LogP contribution in [0.1, 0.15) is 19.4 Å². The molecule has 1 rings (SSSR count). The number of hydrogen-bond acceptors (Lipinski definition) is 2. The second kappa shape index (κ2) is 7.11. The van der Waals surface area contributed by atoms with Crippen LogP contribution in [0.4, 0.5) is 4.39 Å². The number of hydrogen-bond donors (Lipinski definition) is 1. The molecule has 1 N–H and O–H groups in total. The van der Waals surface area contributed by atoms with E-state index in [1.54, 1.807) is 11.0 Å². The lowest BCUT2D eigenvalue weighted by Crippen LogP contribution is -2.38. The van der Waals surface area contributed by atoms with E-state index in [1.807, 2.05) is 27.0 Å². The van der Waals surface area contributed by atoms with E-state index in [0.29, 0.717) is 19.6 Å². The molecule has 0 heterocycles. The Morgan fingerprint density at radius 2 is 2.22 bits per heavy atom. The van der Waals surface area contributed by atoms with Crippen LogP contribution >= 0.6 is 0 Å². The Hall–Kier alpha value is -1.42. The van der Waals surface area contributed by atoms with Gasteiger partial charge in [0.15, 0.2) is 0 Å². The predicted molar refractivity (Wildman–Crippen MR) is 70.6 cm³/mol. The molecule has 0 aliphatic carbocycles. The van der Waals surface area contributed by atoms with E-state index < -0.39 is 0 Å². The maximum absolute atomic E-state index is 13.1. The van der Waals surface area contributed by atoms with Crippen LogP contribution in [0, 0.1) is 11.7 Å². The van der Waals surface area contributed by atoms with Crippen molar-refractivity contribution in [2.24, 2.45) is 5.92 Å². The van der Waals surface area contributed by atoms with Crippen LogP contribution in [0.15, 0.2) is 24.3 Å². The summed E-state index contributed by atoms with van der Waals surface area (Å²) in [5.74, 6) is -0.237. The Labute approximate surface area is 108 Å². The highest BCUT2D eigenvalue weighted by Crippen LogP contribution is 2.10. The Balaban J connectivity index is 2.69. The molecule has 0 aromatic heterocycles. The average Bonchev–Trinajstić information content (AvgIpc) is 2.35. The third-order valence-corrected chi connectivity index (χ3v) is 2.89. The molecule has 0 bridgehead atoms. The monoisotopic (exact) mass is 252 g/mol. The molecule has 1 amide bonds. The Morgan fingerprint density at radius 3 is 2.78 bits per heavy atom. The first-order valence-corrected chi connectivity index (χ1v) is 6.26. The molecule has 1 unspecified atom stereocenters. The third kappa shape index (κ3) is 4.11. The van der Waals surface area contributed by atoms with Gasteiger partial charge in [0.05, 0.1) is 0 Å². The molecule has 1 aromatic carbocycles. The van der Waals surface area contributed by atoms with E-state index in [-0.39, 0.29) is 17.6 Å². The lowest BCUT2D eigenvalue weighted by Gasteiger charge is -2.24. The maximum Gasteiger partial charge on any atom is 0.226 e. The minimum atomic E-state index is -0.265. The highest BCUT2D eigenvalue weighted by molar-refractivity contribution is 5.78. The smallest absolute Gasteiger partial charge is 0.226 e. The number of halogens is 1. The SMILES string of the molecule is CCN(Cc1cccc(F)c1)C(=O)C(C)CNC. The van der Waals surface area contributed by atoms with Crippen molar-refractivity contribution in [3.8, 4) is 0 Å². The fourth-order valence-electron chi connectivity index (χ4n) is 1.91. The number of carbonyl (C=O) groups excluding carboxylic acids is 1. The summed E-state index contributed by atoms with van der Waals surface area (Å²) in [4.78, 5) is 13.9. The van der Waals surface area contributed by atoms with Gasteiger partial charge in [-0.05, 0) is 31.7 Å². The molecule has 4 heteroatoms. The molecule has 1 atom stereocenters. The quantitative estimate of drug-likeness (QED) is 0.840. The highest BCUT2D eigenvalue weighted by Gasteiger charge is 2.18. The number of carbonyl (C=O) groups is 1. The van der Waals surface area contributed by atoms with Crippen LogP contribution in [0.3, 0.4) is 0 Å². The number of rotatable bonds is 6. The van der Waals surface area contributed by atoms with Gasteiger partial charge in [0, 0.05) is 25.6 Å². The van der Waals surface area contributed by atoms with E-state index in [9.17, 15) is 9.18 Å². The topological polar surface area (TPSA) is 32.3 Å². The Bertz CT molecular complexity index is 395. The maximum atomic E-state index is 13.1. The molecule has 100 valence electrons. The molecule has 3 nitrogen and oxygen atoms in total. The van der Waals surface area contributed by atoms with Gasteiger partial charge in [-0.2, -0.15) is 0 Å². The minimum absolute atomic E-state index is 0.0662. The summed E-state index contributed by atoms with van der Waals surface area (Å²) in [5, 5.41) is 2.99. The van der Waals surface area contributed by atoms with E-state index in [2.05, 4.69) is 5.32 Å². The van der Waals surface area contributed by atoms with Crippen molar-refractivity contribution in [3.63, 3.8) is 0 Å². The summed E-state index contributed by atoms with van der Waals surface area (Å²) in [6.45, 7) is 5.57. The van der Waals surface area contributed by atoms with Crippen LogP contribution in [0.25, 0.3) is 0 Å². The molecule has 0 aliphatic rings. The van der Waals surface area contributed by atoms with Crippen molar-refractivity contribution in [2.45, 2.75) is 20.4 Å². The molecule has 0 saturated heterocycles. The van der Waals surface area contributed by atoms with Gasteiger partial charge < -0.3 is 10.2 Å². The highest BCUT2D eigenvalue weighted by atomic mass is 19.1.